The van der Waals surface area contributed by atoms with E-state index in [1.54, 1.807) is 17.2 Å². The number of amides is 1. The Labute approximate surface area is 143 Å². The third kappa shape index (κ3) is 5.42. The molecule has 1 aromatic heterocycles. The Balaban J connectivity index is 2.12. The molecule has 1 aromatic carbocycles. The van der Waals surface area contributed by atoms with Crippen molar-refractivity contribution in [1.29, 1.82) is 0 Å². The lowest BCUT2D eigenvalue weighted by molar-refractivity contribution is -0.127. The van der Waals surface area contributed by atoms with E-state index < -0.39 is 0 Å². The molecule has 5 heteroatoms. The molecule has 1 N–H and O–H groups in total. The van der Waals surface area contributed by atoms with Crippen LogP contribution in [0.4, 0.5) is 0 Å². The molecule has 0 aliphatic heterocycles. The van der Waals surface area contributed by atoms with E-state index in [2.05, 4.69) is 30.7 Å². The van der Waals surface area contributed by atoms with Gasteiger partial charge in [-0.15, -0.1) is 0 Å². The summed E-state index contributed by atoms with van der Waals surface area (Å²) in [6.45, 7) is 7.52. The van der Waals surface area contributed by atoms with Gasteiger partial charge < -0.3 is 10.0 Å². The largest absolute Gasteiger partial charge is 0.396 e. The van der Waals surface area contributed by atoms with Crippen LogP contribution in [0.3, 0.4) is 0 Å². The number of aliphatic hydroxyl groups excluding tert-OH is 1. The topological polar surface area (TPSA) is 66.3 Å². The molecule has 0 radical (unpaired) electrons. The average Bonchev–Trinajstić information content (AvgIpc) is 2.55. The molecule has 0 spiro atoms. The average molecular weight is 327 g/mol. The molecule has 2 aromatic rings. The van der Waals surface area contributed by atoms with Crippen molar-refractivity contribution in [2.75, 3.05) is 19.7 Å². The van der Waals surface area contributed by atoms with Gasteiger partial charge in [0.25, 0.3) is 0 Å². The Hall–Kier alpha value is -2.27. The molecule has 0 unspecified atom stereocenters. The van der Waals surface area contributed by atoms with E-state index in [1.807, 2.05) is 24.3 Å². The fraction of sp³-hybridized carbons (Fsp3) is 0.421. The number of benzene rings is 1. The van der Waals surface area contributed by atoms with Crippen LogP contribution in [0.25, 0.3) is 17.1 Å². The summed E-state index contributed by atoms with van der Waals surface area (Å²) in [4.78, 5) is 23.1. The van der Waals surface area contributed by atoms with Crippen LogP contribution in [-0.2, 0) is 4.79 Å². The van der Waals surface area contributed by atoms with Gasteiger partial charge >= 0.3 is 0 Å². The van der Waals surface area contributed by atoms with Gasteiger partial charge in [-0.1, -0.05) is 32.9 Å². The smallest absolute Gasteiger partial charge is 0.246 e. The van der Waals surface area contributed by atoms with Crippen molar-refractivity contribution in [3.8, 4) is 0 Å². The zero-order valence-electron chi connectivity index (χ0n) is 14.6. The number of fused-ring (bicyclic) bond motifs is 1. The number of aliphatic hydroxyl groups is 1. The molecule has 1 heterocycles. The quantitative estimate of drug-likeness (QED) is 0.829. The molecular weight excluding hydrogens is 302 g/mol. The van der Waals surface area contributed by atoms with Crippen molar-refractivity contribution in [3.05, 3.63) is 42.2 Å². The van der Waals surface area contributed by atoms with Gasteiger partial charge in [0.2, 0.25) is 5.91 Å². The van der Waals surface area contributed by atoms with E-state index in [-0.39, 0.29) is 17.9 Å². The second-order valence-electron chi connectivity index (χ2n) is 7.01. The summed E-state index contributed by atoms with van der Waals surface area (Å²) < 4.78 is 0. The van der Waals surface area contributed by atoms with Gasteiger partial charge in [0.15, 0.2) is 0 Å². The highest BCUT2D eigenvalue weighted by atomic mass is 16.3. The molecule has 128 valence electrons. The van der Waals surface area contributed by atoms with E-state index in [9.17, 15) is 4.79 Å². The maximum Gasteiger partial charge on any atom is 0.246 e. The fourth-order valence-corrected chi connectivity index (χ4v) is 2.42. The van der Waals surface area contributed by atoms with Crippen molar-refractivity contribution >= 4 is 23.0 Å². The van der Waals surface area contributed by atoms with Crippen LogP contribution in [0, 0.1) is 5.41 Å². The molecule has 0 saturated carbocycles. The van der Waals surface area contributed by atoms with E-state index in [0.717, 1.165) is 11.0 Å². The van der Waals surface area contributed by atoms with Crippen molar-refractivity contribution < 1.29 is 9.90 Å². The fourth-order valence-electron chi connectivity index (χ4n) is 2.42. The van der Waals surface area contributed by atoms with Crippen LogP contribution in [-0.4, -0.2) is 45.6 Å². The third-order valence-corrected chi connectivity index (χ3v) is 3.43. The predicted molar refractivity (Wildman–Crippen MR) is 96.3 cm³/mol. The molecule has 0 atom stereocenters. The Morgan fingerprint density at radius 3 is 2.62 bits per heavy atom. The zero-order valence-corrected chi connectivity index (χ0v) is 14.6. The lowest BCUT2D eigenvalue weighted by Crippen LogP contribution is -2.37. The maximum atomic E-state index is 12.5. The van der Waals surface area contributed by atoms with Gasteiger partial charge in [-0.25, -0.2) is 4.98 Å². The number of hydrogen-bond acceptors (Lipinski definition) is 4. The molecule has 0 saturated heterocycles. The van der Waals surface area contributed by atoms with E-state index >= 15 is 0 Å². The Morgan fingerprint density at radius 1 is 1.25 bits per heavy atom. The van der Waals surface area contributed by atoms with E-state index in [0.29, 0.717) is 25.2 Å². The van der Waals surface area contributed by atoms with Crippen LogP contribution < -0.4 is 0 Å². The van der Waals surface area contributed by atoms with Crippen LogP contribution >= 0.6 is 0 Å². The van der Waals surface area contributed by atoms with Crippen molar-refractivity contribution in [2.45, 2.75) is 27.2 Å². The van der Waals surface area contributed by atoms with Gasteiger partial charge in [-0.05, 0) is 30.0 Å². The first-order chi connectivity index (χ1) is 11.4. The molecular formula is C19H25N3O2. The highest BCUT2D eigenvalue weighted by Gasteiger charge is 2.19. The summed E-state index contributed by atoms with van der Waals surface area (Å²) in [6.07, 6.45) is 5.46. The highest BCUT2D eigenvalue weighted by Crippen LogP contribution is 2.16. The van der Waals surface area contributed by atoms with Crippen LogP contribution in [0.5, 0.6) is 0 Å². The van der Waals surface area contributed by atoms with Gasteiger partial charge in [0.1, 0.15) is 0 Å². The molecule has 1 amide bonds. The number of carbonyl (C=O) groups is 1. The zero-order chi connectivity index (χ0) is 17.6. The minimum atomic E-state index is -0.0756. The van der Waals surface area contributed by atoms with Crippen LogP contribution in [0.1, 0.15) is 32.9 Å². The summed E-state index contributed by atoms with van der Waals surface area (Å²) in [5, 5.41) is 9.03. The lowest BCUT2D eigenvalue weighted by atomic mass is 9.96. The molecule has 24 heavy (non-hydrogen) atoms. The second-order valence-corrected chi connectivity index (χ2v) is 7.01. The molecule has 2 rings (SSSR count). The van der Waals surface area contributed by atoms with Gasteiger partial charge in [0.05, 0.1) is 22.9 Å². The van der Waals surface area contributed by atoms with Crippen LogP contribution in [0.15, 0.2) is 36.5 Å². The van der Waals surface area contributed by atoms with Gasteiger partial charge in [-0.3, -0.25) is 9.78 Å². The normalized spacial score (nSPS) is 12.0. The number of para-hydroxylation sites is 2. The second kappa shape index (κ2) is 8.02. The monoisotopic (exact) mass is 327 g/mol. The molecule has 5 nitrogen and oxygen atoms in total. The first-order valence-electron chi connectivity index (χ1n) is 8.19. The summed E-state index contributed by atoms with van der Waals surface area (Å²) in [5.41, 5.74) is 2.29. The lowest BCUT2D eigenvalue weighted by Gasteiger charge is -2.29. The molecule has 0 fully saturated rings. The third-order valence-electron chi connectivity index (χ3n) is 3.43. The van der Waals surface area contributed by atoms with Crippen molar-refractivity contribution in [1.82, 2.24) is 14.9 Å². The summed E-state index contributed by atoms with van der Waals surface area (Å²) in [5.74, 6) is -0.0756. The summed E-state index contributed by atoms with van der Waals surface area (Å²) in [6, 6.07) is 7.63. The number of hydrogen-bond donors (Lipinski definition) is 1. The van der Waals surface area contributed by atoms with Crippen LogP contribution in [0.2, 0.25) is 0 Å². The first-order valence-corrected chi connectivity index (χ1v) is 8.19. The highest BCUT2D eigenvalue weighted by molar-refractivity contribution is 5.91. The number of carbonyl (C=O) groups excluding carboxylic acids is 1. The van der Waals surface area contributed by atoms with Crippen molar-refractivity contribution in [3.63, 3.8) is 0 Å². The molecule has 0 aliphatic carbocycles. The predicted octanol–water partition coefficient (Wildman–Crippen LogP) is 2.90. The number of nitrogens with zero attached hydrogens (tertiary/aromatic N) is 3. The Kier molecular flexibility index (Phi) is 6.04. The first kappa shape index (κ1) is 18.1. The standard InChI is InChI=1S/C19H25N3O2/c1-19(2,3)14-22(11-6-12-23)18(24)10-9-15-13-20-16-7-4-5-8-17(16)21-15/h4-5,7-10,13,23H,6,11-12,14H2,1-3H3/b10-9+. The minimum absolute atomic E-state index is 0.00170. The molecule has 0 aliphatic rings. The SMILES string of the molecule is CC(C)(C)CN(CCCO)C(=O)/C=C/c1cnc2ccccc2n1. The summed E-state index contributed by atoms with van der Waals surface area (Å²) in [7, 11) is 0. The Bertz CT molecular complexity index is 720. The number of aromatic nitrogens is 2. The molecule has 0 bridgehead atoms. The van der Waals surface area contributed by atoms with Gasteiger partial charge in [-0.2, -0.15) is 0 Å². The summed E-state index contributed by atoms with van der Waals surface area (Å²) >= 11 is 0. The van der Waals surface area contributed by atoms with Crippen molar-refractivity contribution in [2.24, 2.45) is 5.41 Å². The van der Waals surface area contributed by atoms with Gasteiger partial charge in [0, 0.05) is 25.8 Å². The van der Waals surface area contributed by atoms with E-state index in [1.165, 1.54) is 6.08 Å². The Morgan fingerprint density at radius 2 is 1.96 bits per heavy atom. The van der Waals surface area contributed by atoms with E-state index in [4.69, 9.17) is 5.11 Å². The minimum Gasteiger partial charge on any atom is -0.396 e. The number of rotatable bonds is 6. The maximum absolute atomic E-state index is 12.5.